The van der Waals surface area contributed by atoms with E-state index in [0.29, 0.717) is 0 Å². The van der Waals surface area contributed by atoms with Crippen LogP contribution in [0.1, 0.15) is 24.6 Å². The predicted octanol–water partition coefficient (Wildman–Crippen LogP) is 3.36. The van der Waals surface area contributed by atoms with Crippen LogP contribution in [-0.2, 0) is 11.2 Å². The lowest BCUT2D eigenvalue weighted by Gasteiger charge is -2.18. The SMILES string of the molecule is CC(Sc1nnc(NCCc2cccs2)s1)C(=O)N1CCCC1. The van der Waals surface area contributed by atoms with Gasteiger partial charge < -0.3 is 10.2 Å². The highest BCUT2D eigenvalue weighted by molar-refractivity contribution is 8.02. The molecule has 8 heteroatoms. The van der Waals surface area contributed by atoms with Crippen LogP contribution in [0.3, 0.4) is 0 Å². The summed E-state index contributed by atoms with van der Waals surface area (Å²) in [6.45, 7) is 4.60. The Morgan fingerprint density at radius 3 is 3.00 bits per heavy atom. The van der Waals surface area contributed by atoms with E-state index in [1.807, 2.05) is 11.8 Å². The van der Waals surface area contributed by atoms with Gasteiger partial charge in [-0.15, -0.1) is 21.5 Å². The normalized spacial score (nSPS) is 15.8. The monoisotopic (exact) mass is 368 g/mol. The number of thioether (sulfide) groups is 1. The van der Waals surface area contributed by atoms with Gasteiger partial charge in [-0.2, -0.15) is 0 Å². The summed E-state index contributed by atoms with van der Waals surface area (Å²) >= 11 is 4.79. The van der Waals surface area contributed by atoms with Crippen LogP contribution < -0.4 is 5.32 Å². The first-order chi connectivity index (χ1) is 11.2. The van der Waals surface area contributed by atoms with Crippen molar-refractivity contribution in [1.82, 2.24) is 15.1 Å². The second kappa shape index (κ2) is 8.12. The van der Waals surface area contributed by atoms with Gasteiger partial charge >= 0.3 is 0 Å². The minimum absolute atomic E-state index is 0.0972. The second-order valence-corrected chi connectivity index (χ2v) is 9.02. The largest absolute Gasteiger partial charge is 0.360 e. The molecule has 2 aromatic rings. The maximum absolute atomic E-state index is 12.3. The van der Waals surface area contributed by atoms with Crippen molar-refractivity contribution in [3.8, 4) is 0 Å². The summed E-state index contributed by atoms with van der Waals surface area (Å²) < 4.78 is 0.851. The Kier molecular flexibility index (Phi) is 5.91. The number of thiophene rings is 1. The predicted molar refractivity (Wildman–Crippen MR) is 97.6 cm³/mol. The Balaban J connectivity index is 1.45. The smallest absolute Gasteiger partial charge is 0.235 e. The summed E-state index contributed by atoms with van der Waals surface area (Å²) in [5.74, 6) is 0.218. The number of anilines is 1. The van der Waals surface area contributed by atoms with Crippen molar-refractivity contribution in [2.45, 2.75) is 35.8 Å². The molecule has 1 fully saturated rings. The number of carbonyl (C=O) groups excluding carboxylic acids is 1. The van der Waals surface area contributed by atoms with Crippen LogP contribution in [-0.4, -0.2) is 45.9 Å². The third kappa shape index (κ3) is 4.68. The molecule has 1 N–H and O–H groups in total. The van der Waals surface area contributed by atoms with Gasteiger partial charge in [0.2, 0.25) is 11.0 Å². The molecule has 0 saturated carbocycles. The standard InChI is InChI=1S/C15H20N4OS3/c1-11(13(20)19-8-2-3-9-19)22-15-18-17-14(23-15)16-7-6-12-5-4-10-21-12/h4-5,10-11H,2-3,6-9H2,1H3,(H,16,17). The molecule has 1 saturated heterocycles. The lowest BCUT2D eigenvalue weighted by molar-refractivity contribution is -0.129. The number of amides is 1. The fourth-order valence-electron chi connectivity index (χ4n) is 2.47. The molecule has 124 valence electrons. The molecule has 0 spiro atoms. The van der Waals surface area contributed by atoms with Crippen LogP contribution in [0.25, 0.3) is 0 Å². The first kappa shape index (κ1) is 16.7. The van der Waals surface area contributed by atoms with E-state index >= 15 is 0 Å². The zero-order valence-electron chi connectivity index (χ0n) is 13.0. The third-order valence-corrected chi connectivity index (χ3v) is 6.67. The van der Waals surface area contributed by atoms with Crippen molar-refractivity contribution in [3.63, 3.8) is 0 Å². The van der Waals surface area contributed by atoms with E-state index in [0.717, 1.165) is 48.4 Å². The Morgan fingerprint density at radius 1 is 1.43 bits per heavy atom. The van der Waals surface area contributed by atoms with Gasteiger partial charge in [-0.05, 0) is 37.6 Å². The van der Waals surface area contributed by atoms with Crippen LogP contribution >= 0.6 is 34.4 Å². The van der Waals surface area contributed by atoms with E-state index in [1.54, 1.807) is 11.3 Å². The Morgan fingerprint density at radius 2 is 2.26 bits per heavy atom. The quantitative estimate of drug-likeness (QED) is 0.760. The number of nitrogens with zero attached hydrogens (tertiary/aromatic N) is 3. The molecule has 1 aliphatic rings. The van der Waals surface area contributed by atoms with Crippen molar-refractivity contribution in [2.75, 3.05) is 25.0 Å². The number of hydrogen-bond donors (Lipinski definition) is 1. The molecule has 3 heterocycles. The van der Waals surface area contributed by atoms with Gasteiger partial charge in [0, 0.05) is 24.5 Å². The number of nitrogens with one attached hydrogen (secondary N) is 1. The van der Waals surface area contributed by atoms with E-state index < -0.39 is 0 Å². The van der Waals surface area contributed by atoms with E-state index in [2.05, 4.69) is 33.0 Å². The summed E-state index contributed by atoms with van der Waals surface area (Å²) in [5, 5.41) is 14.5. The van der Waals surface area contributed by atoms with E-state index in [-0.39, 0.29) is 11.2 Å². The van der Waals surface area contributed by atoms with Gasteiger partial charge in [0.15, 0.2) is 4.34 Å². The fourth-order valence-corrected chi connectivity index (χ4v) is 5.19. The molecule has 2 aromatic heterocycles. The molecule has 1 atom stereocenters. The zero-order chi connectivity index (χ0) is 16.1. The molecule has 1 aliphatic heterocycles. The van der Waals surface area contributed by atoms with Gasteiger partial charge in [0.1, 0.15) is 0 Å². The molecule has 0 aromatic carbocycles. The van der Waals surface area contributed by atoms with Crippen LogP contribution in [0.4, 0.5) is 5.13 Å². The number of hydrogen-bond acceptors (Lipinski definition) is 7. The highest BCUT2D eigenvalue weighted by Gasteiger charge is 2.24. The number of rotatable bonds is 7. The molecular weight excluding hydrogens is 348 g/mol. The Hall–Kier alpha value is -1.12. The maximum atomic E-state index is 12.3. The summed E-state index contributed by atoms with van der Waals surface area (Å²) in [6, 6.07) is 4.21. The van der Waals surface area contributed by atoms with Crippen LogP contribution in [0, 0.1) is 0 Å². The third-order valence-electron chi connectivity index (χ3n) is 3.68. The number of aromatic nitrogens is 2. The fraction of sp³-hybridized carbons (Fsp3) is 0.533. The summed E-state index contributed by atoms with van der Waals surface area (Å²) in [5.41, 5.74) is 0. The van der Waals surface area contributed by atoms with Crippen molar-refractivity contribution in [2.24, 2.45) is 0 Å². The van der Waals surface area contributed by atoms with Gasteiger partial charge in [0.05, 0.1) is 5.25 Å². The Labute approximate surface area is 148 Å². The van der Waals surface area contributed by atoms with E-state index in [1.165, 1.54) is 28.0 Å². The molecule has 23 heavy (non-hydrogen) atoms. The lowest BCUT2D eigenvalue weighted by atomic mass is 10.3. The van der Waals surface area contributed by atoms with E-state index in [9.17, 15) is 4.79 Å². The second-order valence-electron chi connectivity index (χ2n) is 5.42. The summed E-state index contributed by atoms with van der Waals surface area (Å²) in [7, 11) is 0. The van der Waals surface area contributed by atoms with Gasteiger partial charge in [-0.1, -0.05) is 29.2 Å². The summed E-state index contributed by atoms with van der Waals surface area (Å²) in [4.78, 5) is 15.6. The molecule has 0 aliphatic carbocycles. The van der Waals surface area contributed by atoms with Crippen LogP contribution in [0.5, 0.6) is 0 Å². The Bertz CT molecular complexity index is 622. The maximum Gasteiger partial charge on any atom is 0.235 e. The molecule has 3 rings (SSSR count). The van der Waals surface area contributed by atoms with E-state index in [4.69, 9.17) is 0 Å². The molecule has 1 amide bonds. The number of carbonyl (C=O) groups is 1. The highest BCUT2D eigenvalue weighted by Crippen LogP contribution is 2.30. The zero-order valence-corrected chi connectivity index (χ0v) is 15.5. The van der Waals surface area contributed by atoms with Crippen molar-refractivity contribution >= 4 is 45.5 Å². The molecule has 0 radical (unpaired) electrons. The summed E-state index contributed by atoms with van der Waals surface area (Å²) in [6.07, 6.45) is 3.24. The minimum Gasteiger partial charge on any atom is -0.360 e. The van der Waals surface area contributed by atoms with Crippen molar-refractivity contribution in [3.05, 3.63) is 22.4 Å². The topological polar surface area (TPSA) is 58.1 Å². The highest BCUT2D eigenvalue weighted by atomic mass is 32.2. The first-order valence-corrected chi connectivity index (χ1v) is 10.3. The average Bonchev–Trinajstić information content (AvgIpc) is 3.29. The lowest BCUT2D eigenvalue weighted by Crippen LogP contribution is -2.33. The van der Waals surface area contributed by atoms with Crippen molar-refractivity contribution in [1.29, 1.82) is 0 Å². The molecular formula is C15H20N4OS3. The molecule has 5 nitrogen and oxygen atoms in total. The number of likely N-dealkylation sites (tertiary alicyclic amines) is 1. The van der Waals surface area contributed by atoms with Gasteiger partial charge in [-0.25, -0.2) is 0 Å². The minimum atomic E-state index is -0.0972. The van der Waals surface area contributed by atoms with Crippen molar-refractivity contribution < 1.29 is 4.79 Å². The molecule has 0 bridgehead atoms. The average molecular weight is 369 g/mol. The first-order valence-electron chi connectivity index (χ1n) is 7.77. The molecule has 1 unspecified atom stereocenters. The van der Waals surface area contributed by atoms with Gasteiger partial charge in [0.25, 0.3) is 0 Å². The van der Waals surface area contributed by atoms with Crippen LogP contribution in [0.15, 0.2) is 21.9 Å². The van der Waals surface area contributed by atoms with Gasteiger partial charge in [-0.3, -0.25) is 4.79 Å². The van der Waals surface area contributed by atoms with Crippen LogP contribution in [0.2, 0.25) is 0 Å².